The highest BCUT2D eigenvalue weighted by Gasteiger charge is 2.11. The van der Waals surface area contributed by atoms with Gasteiger partial charge in [-0.3, -0.25) is 4.79 Å². The van der Waals surface area contributed by atoms with Gasteiger partial charge >= 0.3 is 0 Å². The number of nitrogens with one attached hydrogen (secondary N) is 1. The van der Waals surface area contributed by atoms with E-state index in [1.165, 1.54) is 12.1 Å². The molecule has 0 saturated carbocycles. The zero-order chi connectivity index (χ0) is 14.8. The summed E-state index contributed by atoms with van der Waals surface area (Å²) in [5.41, 5.74) is 0.225. The maximum atomic E-state index is 13.5. The predicted molar refractivity (Wildman–Crippen MR) is 75.4 cm³/mol. The molecule has 0 heterocycles. The summed E-state index contributed by atoms with van der Waals surface area (Å²) < 4.78 is 23.6. The van der Waals surface area contributed by atoms with E-state index in [1.807, 2.05) is 0 Å². The van der Waals surface area contributed by atoms with Crippen LogP contribution in [-0.2, 0) is 20.7 Å². The van der Waals surface area contributed by atoms with Crippen molar-refractivity contribution in [1.82, 2.24) is 5.32 Å². The number of amides is 1. The smallest absolute Gasteiger partial charge is 0.224 e. The maximum Gasteiger partial charge on any atom is 0.224 e. The van der Waals surface area contributed by atoms with Gasteiger partial charge in [-0.15, -0.1) is 0 Å². The zero-order valence-corrected chi connectivity index (χ0v) is 12.2. The third kappa shape index (κ3) is 6.32. The van der Waals surface area contributed by atoms with Crippen LogP contribution in [0.15, 0.2) is 18.2 Å². The summed E-state index contributed by atoms with van der Waals surface area (Å²) >= 11 is 5.85. The first-order chi connectivity index (χ1) is 9.65. The summed E-state index contributed by atoms with van der Waals surface area (Å²) in [4.78, 5) is 11.7. The molecule has 0 aliphatic heterocycles. The van der Waals surface area contributed by atoms with Gasteiger partial charge in [0.15, 0.2) is 0 Å². The standard InChI is InChI=1S/C14H19ClFNO3/c1-19-8-9-20-7-3-6-17-14(18)10-11-12(15)4-2-5-13(11)16/h2,4-5H,3,6-10H2,1H3,(H,17,18). The number of ether oxygens (including phenoxy) is 2. The van der Waals surface area contributed by atoms with Crippen LogP contribution in [0.1, 0.15) is 12.0 Å². The van der Waals surface area contributed by atoms with Crippen molar-refractivity contribution >= 4 is 17.5 Å². The molecular formula is C14H19ClFNO3. The number of carbonyl (C=O) groups is 1. The topological polar surface area (TPSA) is 47.6 Å². The van der Waals surface area contributed by atoms with Gasteiger partial charge in [0.25, 0.3) is 0 Å². The monoisotopic (exact) mass is 303 g/mol. The van der Waals surface area contributed by atoms with Crippen molar-refractivity contribution < 1.29 is 18.7 Å². The predicted octanol–water partition coefficient (Wildman–Crippen LogP) is 2.19. The van der Waals surface area contributed by atoms with Crippen molar-refractivity contribution in [3.8, 4) is 0 Å². The number of benzene rings is 1. The third-order valence-electron chi connectivity index (χ3n) is 2.62. The molecule has 112 valence electrons. The molecule has 1 rings (SSSR count). The Morgan fingerprint density at radius 2 is 2.15 bits per heavy atom. The van der Waals surface area contributed by atoms with Gasteiger partial charge in [-0.1, -0.05) is 17.7 Å². The van der Waals surface area contributed by atoms with Gasteiger partial charge in [0.1, 0.15) is 5.82 Å². The summed E-state index contributed by atoms with van der Waals surface area (Å²) in [6.45, 7) is 2.12. The summed E-state index contributed by atoms with van der Waals surface area (Å²) in [5.74, 6) is -0.718. The molecule has 20 heavy (non-hydrogen) atoms. The summed E-state index contributed by atoms with van der Waals surface area (Å²) in [5, 5.41) is 2.97. The van der Waals surface area contributed by atoms with E-state index in [0.717, 1.165) is 0 Å². The molecule has 0 atom stereocenters. The van der Waals surface area contributed by atoms with Crippen LogP contribution in [0.25, 0.3) is 0 Å². The van der Waals surface area contributed by atoms with Gasteiger partial charge in [-0.25, -0.2) is 4.39 Å². The Bertz CT molecular complexity index is 409. The largest absolute Gasteiger partial charge is 0.382 e. The molecule has 1 aromatic rings. The van der Waals surface area contributed by atoms with E-state index in [9.17, 15) is 9.18 Å². The van der Waals surface area contributed by atoms with Crippen LogP contribution in [-0.4, -0.2) is 39.4 Å². The molecular weight excluding hydrogens is 285 g/mol. The van der Waals surface area contributed by atoms with Crippen LogP contribution in [0.2, 0.25) is 5.02 Å². The number of halogens is 2. The van der Waals surface area contributed by atoms with Gasteiger partial charge in [-0.05, 0) is 18.6 Å². The molecule has 1 aromatic carbocycles. The Morgan fingerprint density at radius 3 is 2.85 bits per heavy atom. The Labute approximate surface area is 123 Å². The first-order valence-corrected chi connectivity index (χ1v) is 6.79. The Kier molecular flexibility index (Phi) is 8.18. The summed E-state index contributed by atoms with van der Waals surface area (Å²) in [7, 11) is 1.61. The fraction of sp³-hybridized carbons (Fsp3) is 0.500. The number of hydrogen-bond acceptors (Lipinski definition) is 3. The fourth-order valence-corrected chi connectivity index (χ4v) is 1.80. The van der Waals surface area contributed by atoms with Crippen molar-refractivity contribution in [3.63, 3.8) is 0 Å². The van der Waals surface area contributed by atoms with Gasteiger partial charge in [0, 0.05) is 30.8 Å². The molecule has 0 aliphatic rings. The van der Waals surface area contributed by atoms with E-state index in [0.29, 0.717) is 32.8 Å². The van der Waals surface area contributed by atoms with Crippen LogP contribution in [0.4, 0.5) is 4.39 Å². The Balaban J connectivity index is 2.21. The van der Waals surface area contributed by atoms with Crippen molar-refractivity contribution in [2.24, 2.45) is 0 Å². The lowest BCUT2D eigenvalue weighted by Crippen LogP contribution is -2.27. The molecule has 6 heteroatoms. The summed E-state index contributed by atoms with van der Waals surface area (Å²) in [6.07, 6.45) is 0.635. The molecule has 0 unspecified atom stereocenters. The second-order valence-electron chi connectivity index (χ2n) is 4.19. The minimum absolute atomic E-state index is 0.0595. The van der Waals surface area contributed by atoms with E-state index in [2.05, 4.69) is 5.32 Å². The highest BCUT2D eigenvalue weighted by atomic mass is 35.5. The number of methoxy groups -OCH3 is 1. The second kappa shape index (κ2) is 9.69. The summed E-state index contributed by atoms with van der Waals surface area (Å²) in [6, 6.07) is 4.37. The molecule has 0 radical (unpaired) electrons. The van der Waals surface area contributed by atoms with Crippen LogP contribution in [0, 0.1) is 5.82 Å². The lowest BCUT2D eigenvalue weighted by atomic mass is 10.1. The van der Waals surface area contributed by atoms with E-state index >= 15 is 0 Å². The molecule has 0 spiro atoms. The minimum atomic E-state index is -0.462. The lowest BCUT2D eigenvalue weighted by Gasteiger charge is -2.08. The maximum absolute atomic E-state index is 13.5. The number of carbonyl (C=O) groups excluding carboxylic acids is 1. The van der Waals surface area contributed by atoms with Gasteiger partial charge < -0.3 is 14.8 Å². The minimum Gasteiger partial charge on any atom is -0.382 e. The van der Waals surface area contributed by atoms with E-state index in [-0.39, 0.29) is 22.9 Å². The van der Waals surface area contributed by atoms with Gasteiger partial charge in [0.2, 0.25) is 5.91 Å². The second-order valence-corrected chi connectivity index (χ2v) is 4.59. The lowest BCUT2D eigenvalue weighted by molar-refractivity contribution is -0.120. The van der Waals surface area contributed by atoms with E-state index in [1.54, 1.807) is 13.2 Å². The Hall–Kier alpha value is -1.17. The van der Waals surface area contributed by atoms with Crippen molar-refractivity contribution in [3.05, 3.63) is 34.6 Å². The normalized spacial score (nSPS) is 10.6. The average Bonchev–Trinajstić information content (AvgIpc) is 2.42. The molecule has 0 aliphatic carbocycles. The molecule has 1 amide bonds. The van der Waals surface area contributed by atoms with E-state index < -0.39 is 5.82 Å². The molecule has 0 fully saturated rings. The van der Waals surface area contributed by atoms with Crippen LogP contribution in [0.3, 0.4) is 0 Å². The fourth-order valence-electron chi connectivity index (χ4n) is 1.57. The van der Waals surface area contributed by atoms with Crippen LogP contribution >= 0.6 is 11.6 Å². The highest BCUT2D eigenvalue weighted by Crippen LogP contribution is 2.19. The number of rotatable bonds is 9. The van der Waals surface area contributed by atoms with Gasteiger partial charge in [-0.2, -0.15) is 0 Å². The first-order valence-electron chi connectivity index (χ1n) is 6.41. The Morgan fingerprint density at radius 1 is 1.35 bits per heavy atom. The third-order valence-corrected chi connectivity index (χ3v) is 2.97. The van der Waals surface area contributed by atoms with Gasteiger partial charge in [0.05, 0.1) is 19.6 Å². The highest BCUT2D eigenvalue weighted by molar-refractivity contribution is 6.31. The van der Waals surface area contributed by atoms with E-state index in [4.69, 9.17) is 21.1 Å². The van der Waals surface area contributed by atoms with Crippen molar-refractivity contribution in [2.75, 3.05) is 33.5 Å². The molecule has 1 N–H and O–H groups in total. The molecule has 0 saturated heterocycles. The van der Waals surface area contributed by atoms with Crippen LogP contribution < -0.4 is 5.32 Å². The SMILES string of the molecule is COCCOCCCNC(=O)Cc1c(F)cccc1Cl. The molecule has 0 aromatic heterocycles. The molecule has 4 nitrogen and oxygen atoms in total. The van der Waals surface area contributed by atoms with Crippen molar-refractivity contribution in [2.45, 2.75) is 12.8 Å². The van der Waals surface area contributed by atoms with Crippen LogP contribution in [0.5, 0.6) is 0 Å². The average molecular weight is 304 g/mol. The number of hydrogen-bond donors (Lipinski definition) is 1. The quantitative estimate of drug-likeness (QED) is 0.711. The first kappa shape index (κ1) is 16.9. The van der Waals surface area contributed by atoms with Crippen molar-refractivity contribution in [1.29, 1.82) is 0 Å². The zero-order valence-electron chi connectivity index (χ0n) is 11.5. The molecule has 0 bridgehead atoms.